The molecule has 1 aromatic carbocycles. The molecule has 1 saturated carbocycles. The number of rotatable bonds is 5. The number of nitrogens with one attached hydrogen (secondary N) is 1. The van der Waals surface area contributed by atoms with Crippen LogP contribution in [0.2, 0.25) is 5.02 Å². The number of nitrogens with zero attached hydrogens (tertiary/aromatic N) is 4. The molecule has 4 rings (SSSR count). The molecule has 2 aromatic rings. The first-order valence-electron chi connectivity index (χ1n) is 11.8. The summed E-state index contributed by atoms with van der Waals surface area (Å²) in [6.07, 6.45) is 2.11. The summed E-state index contributed by atoms with van der Waals surface area (Å²) in [5.74, 6) is 1.53. The number of carbonyl (C=O) groups excluding carboxylic acids is 1. The van der Waals surface area contributed by atoms with Crippen molar-refractivity contribution in [2.75, 3.05) is 29.2 Å². The maximum Gasteiger partial charge on any atom is 0.417 e. The highest BCUT2D eigenvalue weighted by Gasteiger charge is 2.36. The minimum Gasteiger partial charge on any atom is -0.362 e. The largest absolute Gasteiger partial charge is 0.417 e. The van der Waals surface area contributed by atoms with Gasteiger partial charge in [0.1, 0.15) is 5.82 Å². The molecule has 0 saturated heterocycles. The molecule has 0 unspecified atom stereocenters. The molecule has 0 atom stereocenters. The minimum atomic E-state index is -4.63. The molecule has 7 nitrogen and oxygen atoms in total. The molecule has 1 heterocycles. The lowest BCUT2D eigenvalue weighted by molar-refractivity contribution is -0.137. The number of benzene rings is 1. The number of hydrogen-bond donors (Lipinski definition) is 2. The molecule has 190 valence electrons. The SMILES string of the molecule is CN(C)c1nc(N[C@H]2CC[C@@H](N(C(N)=O)c3ccc(Cl)c(C(F)(F)F)c3)CC2)nc2c1CCCC2. The molecule has 1 fully saturated rings. The molecule has 35 heavy (non-hydrogen) atoms. The number of primary amides is 1. The smallest absolute Gasteiger partial charge is 0.362 e. The summed E-state index contributed by atoms with van der Waals surface area (Å²) in [4.78, 5) is 25.0. The van der Waals surface area contributed by atoms with Crippen LogP contribution in [0.1, 0.15) is 55.3 Å². The van der Waals surface area contributed by atoms with E-state index >= 15 is 0 Å². The Bertz CT molecular complexity index is 1090. The van der Waals surface area contributed by atoms with E-state index in [1.165, 1.54) is 16.5 Å². The highest BCUT2D eigenvalue weighted by Crippen LogP contribution is 2.38. The fourth-order valence-corrected chi connectivity index (χ4v) is 5.29. The minimum absolute atomic E-state index is 0.0913. The van der Waals surface area contributed by atoms with Gasteiger partial charge in [0.05, 0.1) is 16.3 Å². The second-order valence-corrected chi connectivity index (χ2v) is 9.82. The van der Waals surface area contributed by atoms with Gasteiger partial charge in [0.15, 0.2) is 0 Å². The van der Waals surface area contributed by atoms with Gasteiger partial charge in [-0.2, -0.15) is 18.2 Å². The van der Waals surface area contributed by atoms with Crippen LogP contribution in [0.4, 0.5) is 35.4 Å². The number of aryl methyl sites for hydroxylation is 1. The zero-order valence-corrected chi connectivity index (χ0v) is 20.6. The topological polar surface area (TPSA) is 87.4 Å². The lowest BCUT2D eigenvalue weighted by Crippen LogP contribution is -2.47. The Balaban J connectivity index is 1.47. The summed E-state index contributed by atoms with van der Waals surface area (Å²) < 4.78 is 40.0. The summed E-state index contributed by atoms with van der Waals surface area (Å²) in [5, 5.41) is 3.03. The van der Waals surface area contributed by atoms with Crippen molar-refractivity contribution in [3.63, 3.8) is 0 Å². The van der Waals surface area contributed by atoms with E-state index < -0.39 is 22.8 Å². The number of carbonyl (C=O) groups is 1. The fourth-order valence-electron chi connectivity index (χ4n) is 5.07. The van der Waals surface area contributed by atoms with Gasteiger partial charge in [-0.3, -0.25) is 4.90 Å². The van der Waals surface area contributed by atoms with E-state index in [2.05, 4.69) is 5.32 Å². The van der Waals surface area contributed by atoms with E-state index in [-0.39, 0.29) is 17.8 Å². The van der Waals surface area contributed by atoms with E-state index in [1.807, 2.05) is 19.0 Å². The summed E-state index contributed by atoms with van der Waals surface area (Å²) in [5.41, 5.74) is 7.02. The molecule has 0 spiro atoms. The number of nitrogens with two attached hydrogens (primary N) is 1. The lowest BCUT2D eigenvalue weighted by atomic mass is 9.90. The van der Waals surface area contributed by atoms with Crippen molar-refractivity contribution in [2.45, 2.75) is 69.6 Å². The van der Waals surface area contributed by atoms with Gasteiger partial charge in [0, 0.05) is 37.4 Å². The van der Waals surface area contributed by atoms with Gasteiger partial charge in [-0.05, 0) is 69.6 Å². The van der Waals surface area contributed by atoms with E-state index in [0.717, 1.165) is 49.3 Å². The van der Waals surface area contributed by atoms with Gasteiger partial charge in [0.2, 0.25) is 5.95 Å². The van der Waals surface area contributed by atoms with Crippen LogP contribution in [-0.2, 0) is 19.0 Å². The highest BCUT2D eigenvalue weighted by atomic mass is 35.5. The molecular formula is C24H30ClF3N6O. The van der Waals surface area contributed by atoms with Crippen LogP contribution < -0.4 is 20.9 Å². The third-order valence-electron chi connectivity index (χ3n) is 6.75. The van der Waals surface area contributed by atoms with Gasteiger partial charge in [-0.1, -0.05) is 11.6 Å². The maximum absolute atomic E-state index is 13.3. The zero-order valence-electron chi connectivity index (χ0n) is 19.8. The number of urea groups is 1. The van der Waals surface area contributed by atoms with Crippen molar-refractivity contribution >= 4 is 35.1 Å². The average Bonchev–Trinajstić information content (AvgIpc) is 2.80. The number of halogens is 4. The normalized spacial score (nSPS) is 20.2. The van der Waals surface area contributed by atoms with Gasteiger partial charge < -0.3 is 16.0 Å². The first-order valence-corrected chi connectivity index (χ1v) is 12.2. The Hall–Kier alpha value is -2.75. The van der Waals surface area contributed by atoms with Gasteiger partial charge in [-0.25, -0.2) is 9.78 Å². The van der Waals surface area contributed by atoms with Crippen molar-refractivity contribution in [1.29, 1.82) is 0 Å². The quantitative estimate of drug-likeness (QED) is 0.562. The standard InChI is InChI=1S/C24H30ClF3N6O/c1-33(2)21-17-5-3-4-6-20(17)31-23(32-21)30-14-7-9-15(10-8-14)34(22(29)35)16-11-12-19(25)18(13-16)24(26,27)28/h11-15H,3-10H2,1-2H3,(H2,29,35)(H,30,31,32)/t14-,15+. The van der Waals surface area contributed by atoms with Gasteiger partial charge in [-0.15, -0.1) is 0 Å². The molecule has 11 heteroatoms. The van der Waals surface area contributed by atoms with E-state index in [1.54, 1.807) is 0 Å². The number of anilines is 3. The molecule has 2 aliphatic rings. The first kappa shape index (κ1) is 25.3. The number of aromatic nitrogens is 2. The van der Waals surface area contributed by atoms with Crippen LogP contribution >= 0.6 is 11.6 Å². The Morgan fingerprint density at radius 2 is 1.80 bits per heavy atom. The molecule has 0 radical (unpaired) electrons. The maximum atomic E-state index is 13.3. The van der Waals surface area contributed by atoms with Crippen LogP contribution in [-0.4, -0.2) is 42.2 Å². The molecule has 1 aromatic heterocycles. The summed E-state index contributed by atoms with van der Waals surface area (Å²) in [6, 6.07) is 2.43. The lowest BCUT2D eigenvalue weighted by Gasteiger charge is -2.36. The first-order chi connectivity index (χ1) is 16.5. The van der Waals surface area contributed by atoms with Crippen LogP contribution in [0.3, 0.4) is 0 Å². The van der Waals surface area contributed by atoms with Crippen molar-refractivity contribution in [3.8, 4) is 0 Å². The van der Waals surface area contributed by atoms with Crippen molar-refractivity contribution < 1.29 is 18.0 Å². The monoisotopic (exact) mass is 510 g/mol. The van der Waals surface area contributed by atoms with Crippen LogP contribution in [0.15, 0.2) is 18.2 Å². The van der Waals surface area contributed by atoms with Crippen LogP contribution in [0.25, 0.3) is 0 Å². The Labute approximate surface area is 207 Å². The van der Waals surface area contributed by atoms with Crippen molar-refractivity contribution in [1.82, 2.24) is 9.97 Å². The average molecular weight is 511 g/mol. The predicted octanol–water partition coefficient (Wildman–Crippen LogP) is 5.40. The van der Waals surface area contributed by atoms with E-state index in [4.69, 9.17) is 27.3 Å². The molecule has 2 amide bonds. The highest BCUT2D eigenvalue weighted by molar-refractivity contribution is 6.31. The van der Waals surface area contributed by atoms with Gasteiger partial charge in [0.25, 0.3) is 0 Å². The molecule has 0 aliphatic heterocycles. The number of fused-ring (bicyclic) bond motifs is 1. The predicted molar refractivity (Wildman–Crippen MR) is 131 cm³/mol. The fraction of sp³-hybridized carbons (Fsp3) is 0.542. The number of hydrogen-bond acceptors (Lipinski definition) is 5. The Morgan fingerprint density at radius 1 is 1.11 bits per heavy atom. The summed E-state index contributed by atoms with van der Waals surface area (Å²) >= 11 is 5.74. The zero-order chi connectivity index (χ0) is 25.3. The van der Waals surface area contributed by atoms with Crippen LogP contribution in [0, 0.1) is 0 Å². The Morgan fingerprint density at radius 3 is 2.43 bits per heavy atom. The summed E-state index contributed by atoms with van der Waals surface area (Å²) in [7, 11) is 3.96. The second kappa shape index (κ2) is 10.1. The molecular weight excluding hydrogens is 481 g/mol. The molecule has 0 bridgehead atoms. The molecule has 3 N–H and O–H groups in total. The third-order valence-corrected chi connectivity index (χ3v) is 7.08. The van der Waals surface area contributed by atoms with E-state index in [0.29, 0.717) is 31.6 Å². The van der Waals surface area contributed by atoms with Gasteiger partial charge >= 0.3 is 12.2 Å². The summed E-state index contributed by atoms with van der Waals surface area (Å²) in [6.45, 7) is 0. The molecule has 2 aliphatic carbocycles. The Kier molecular flexibility index (Phi) is 7.30. The van der Waals surface area contributed by atoms with Crippen molar-refractivity contribution in [3.05, 3.63) is 40.0 Å². The number of alkyl halides is 3. The second-order valence-electron chi connectivity index (χ2n) is 9.42. The van der Waals surface area contributed by atoms with Crippen molar-refractivity contribution in [2.24, 2.45) is 5.73 Å². The number of amides is 2. The van der Waals surface area contributed by atoms with Crippen LogP contribution in [0.5, 0.6) is 0 Å². The third kappa shape index (κ3) is 5.58. The van der Waals surface area contributed by atoms with E-state index in [9.17, 15) is 18.0 Å².